The summed E-state index contributed by atoms with van der Waals surface area (Å²) in [6, 6.07) is 0. The maximum atomic E-state index is 10.8. The second-order valence-electron chi connectivity index (χ2n) is 2.19. The third kappa shape index (κ3) is 1.48. The average Bonchev–Trinajstić information content (AvgIpc) is 2.03. The topological polar surface area (TPSA) is 101 Å². The number of carbonyl (C=O) groups excluding carboxylic acids is 1. The number of carbonyl (C=O) groups is 1. The van der Waals surface area contributed by atoms with Crippen LogP contribution in [0, 0.1) is 6.92 Å². The summed E-state index contributed by atoms with van der Waals surface area (Å²) in [5.74, 6) is -0.762. The van der Waals surface area contributed by atoms with Crippen LogP contribution >= 0.6 is 0 Å². The standard InChI is InChI=1S/C6H8N4O2/c1-3-2-8-4(5(7)9-3)6(11)10-12/h2,12H,1H3,(H2,7,9)(H,10,11). The zero-order chi connectivity index (χ0) is 9.14. The monoisotopic (exact) mass is 168 g/mol. The van der Waals surface area contributed by atoms with E-state index in [1.54, 1.807) is 6.92 Å². The normalized spacial score (nSPS) is 9.50. The third-order valence-electron chi connectivity index (χ3n) is 1.24. The van der Waals surface area contributed by atoms with Gasteiger partial charge in [-0.25, -0.2) is 15.4 Å². The molecule has 0 aliphatic carbocycles. The van der Waals surface area contributed by atoms with Crippen LogP contribution in [0.25, 0.3) is 0 Å². The van der Waals surface area contributed by atoms with Gasteiger partial charge in [-0.1, -0.05) is 0 Å². The molecular formula is C6H8N4O2. The minimum atomic E-state index is -0.764. The molecule has 0 fully saturated rings. The molecule has 6 nitrogen and oxygen atoms in total. The number of amides is 1. The SMILES string of the molecule is Cc1cnc(C(=O)NO)c(N)n1. The highest BCUT2D eigenvalue weighted by molar-refractivity contribution is 5.95. The van der Waals surface area contributed by atoms with Gasteiger partial charge in [-0.15, -0.1) is 0 Å². The van der Waals surface area contributed by atoms with Gasteiger partial charge in [0.05, 0.1) is 5.69 Å². The van der Waals surface area contributed by atoms with Crippen LogP contribution < -0.4 is 11.2 Å². The summed E-state index contributed by atoms with van der Waals surface area (Å²) < 4.78 is 0. The van der Waals surface area contributed by atoms with Gasteiger partial charge in [-0.05, 0) is 6.92 Å². The highest BCUT2D eigenvalue weighted by Gasteiger charge is 2.10. The van der Waals surface area contributed by atoms with E-state index >= 15 is 0 Å². The first-order valence-electron chi connectivity index (χ1n) is 3.18. The summed E-state index contributed by atoms with van der Waals surface area (Å²) in [4.78, 5) is 18.3. The maximum Gasteiger partial charge on any atom is 0.297 e. The lowest BCUT2D eigenvalue weighted by atomic mass is 10.4. The molecule has 0 spiro atoms. The lowest BCUT2D eigenvalue weighted by Crippen LogP contribution is -2.22. The van der Waals surface area contributed by atoms with Crippen molar-refractivity contribution in [2.24, 2.45) is 0 Å². The van der Waals surface area contributed by atoms with E-state index in [4.69, 9.17) is 10.9 Å². The first kappa shape index (κ1) is 8.41. The van der Waals surface area contributed by atoms with Crippen molar-refractivity contribution in [1.82, 2.24) is 15.4 Å². The molecule has 0 saturated heterocycles. The van der Waals surface area contributed by atoms with Crippen LogP contribution in [-0.2, 0) is 0 Å². The van der Waals surface area contributed by atoms with Crippen molar-refractivity contribution in [3.63, 3.8) is 0 Å². The van der Waals surface area contributed by atoms with Gasteiger partial charge >= 0.3 is 0 Å². The molecule has 0 atom stereocenters. The number of aromatic nitrogens is 2. The van der Waals surface area contributed by atoms with E-state index in [9.17, 15) is 4.79 Å². The highest BCUT2D eigenvalue weighted by Crippen LogP contribution is 2.04. The molecule has 1 rings (SSSR count). The van der Waals surface area contributed by atoms with Gasteiger partial charge in [0.2, 0.25) is 0 Å². The Kier molecular flexibility index (Phi) is 2.20. The molecule has 0 aliphatic rings. The number of nitrogen functional groups attached to an aromatic ring is 1. The molecule has 1 aromatic heterocycles. The van der Waals surface area contributed by atoms with Crippen LogP contribution in [0.3, 0.4) is 0 Å². The molecule has 0 unspecified atom stereocenters. The van der Waals surface area contributed by atoms with E-state index in [-0.39, 0.29) is 11.5 Å². The van der Waals surface area contributed by atoms with Crippen LogP contribution in [0.2, 0.25) is 0 Å². The Morgan fingerprint density at radius 1 is 1.75 bits per heavy atom. The molecule has 1 aromatic rings. The van der Waals surface area contributed by atoms with Crippen molar-refractivity contribution in [3.8, 4) is 0 Å². The van der Waals surface area contributed by atoms with Gasteiger partial charge in [0.1, 0.15) is 0 Å². The van der Waals surface area contributed by atoms with E-state index in [1.165, 1.54) is 11.7 Å². The summed E-state index contributed by atoms with van der Waals surface area (Å²) in [6.07, 6.45) is 1.39. The van der Waals surface area contributed by atoms with Gasteiger partial charge in [0, 0.05) is 6.20 Å². The van der Waals surface area contributed by atoms with Crippen molar-refractivity contribution < 1.29 is 10.0 Å². The lowest BCUT2D eigenvalue weighted by molar-refractivity contribution is 0.0701. The highest BCUT2D eigenvalue weighted by atomic mass is 16.5. The number of nitrogens with zero attached hydrogens (tertiary/aromatic N) is 2. The minimum Gasteiger partial charge on any atom is -0.382 e. The van der Waals surface area contributed by atoms with Gasteiger partial charge in [-0.2, -0.15) is 0 Å². The number of rotatable bonds is 1. The Morgan fingerprint density at radius 3 is 2.92 bits per heavy atom. The maximum absolute atomic E-state index is 10.8. The summed E-state index contributed by atoms with van der Waals surface area (Å²) in [5.41, 5.74) is 7.30. The van der Waals surface area contributed by atoms with Crippen molar-refractivity contribution in [3.05, 3.63) is 17.6 Å². The van der Waals surface area contributed by atoms with Crippen LogP contribution in [0.5, 0.6) is 0 Å². The average molecular weight is 168 g/mol. The number of nitrogens with two attached hydrogens (primary N) is 1. The Bertz CT molecular complexity index is 312. The van der Waals surface area contributed by atoms with E-state index in [0.29, 0.717) is 5.69 Å². The molecule has 1 heterocycles. The first-order valence-corrected chi connectivity index (χ1v) is 3.18. The smallest absolute Gasteiger partial charge is 0.297 e. The molecule has 0 aliphatic heterocycles. The summed E-state index contributed by atoms with van der Waals surface area (Å²) >= 11 is 0. The number of hydrogen-bond donors (Lipinski definition) is 3. The molecule has 0 radical (unpaired) electrons. The number of hydrogen-bond acceptors (Lipinski definition) is 5. The summed E-state index contributed by atoms with van der Waals surface area (Å²) in [6.45, 7) is 1.70. The summed E-state index contributed by atoms with van der Waals surface area (Å²) in [7, 11) is 0. The molecule has 12 heavy (non-hydrogen) atoms. The van der Waals surface area contributed by atoms with Crippen LogP contribution in [-0.4, -0.2) is 21.1 Å². The number of aryl methyl sites for hydroxylation is 1. The first-order chi connectivity index (χ1) is 5.65. The van der Waals surface area contributed by atoms with Crippen molar-refractivity contribution in [2.45, 2.75) is 6.92 Å². The second kappa shape index (κ2) is 3.14. The predicted octanol–water partition coefficient (Wildman–Crippen LogP) is -0.514. The molecule has 64 valence electrons. The zero-order valence-corrected chi connectivity index (χ0v) is 6.40. The quantitative estimate of drug-likeness (QED) is 0.387. The minimum absolute atomic E-state index is 0.00144. The van der Waals surface area contributed by atoms with E-state index in [0.717, 1.165) is 0 Å². The van der Waals surface area contributed by atoms with Gasteiger partial charge in [-0.3, -0.25) is 10.0 Å². The van der Waals surface area contributed by atoms with Crippen LogP contribution in [0.4, 0.5) is 5.82 Å². The molecule has 1 amide bonds. The number of hydroxylamine groups is 1. The fraction of sp³-hybridized carbons (Fsp3) is 0.167. The molecular weight excluding hydrogens is 160 g/mol. The Balaban J connectivity index is 3.09. The molecule has 0 saturated carbocycles. The van der Waals surface area contributed by atoms with Crippen molar-refractivity contribution in [1.29, 1.82) is 0 Å². The zero-order valence-electron chi connectivity index (χ0n) is 6.40. The predicted molar refractivity (Wildman–Crippen MR) is 40.4 cm³/mol. The van der Waals surface area contributed by atoms with Gasteiger partial charge < -0.3 is 5.73 Å². The van der Waals surface area contributed by atoms with E-state index in [2.05, 4.69) is 9.97 Å². The fourth-order valence-corrected chi connectivity index (χ4v) is 0.724. The Morgan fingerprint density at radius 2 is 2.42 bits per heavy atom. The molecule has 0 bridgehead atoms. The Labute approximate surface area is 68.4 Å². The molecule has 4 N–H and O–H groups in total. The fourth-order valence-electron chi connectivity index (χ4n) is 0.724. The van der Waals surface area contributed by atoms with Gasteiger partial charge in [0.25, 0.3) is 5.91 Å². The second-order valence-corrected chi connectivity index (χ2v) is 2.19. The largest absolute Gasteiger partial charge is 0.382 e. The number of nitrogens with one attached hydrogen (secondary N) is 1. The van der Waals surface area contributed by atoms with Gasteiger partial charge in [0.15, 0.2) is 11.5 Å². The Hall–Kier alpha value is -1.69. The molecule has 0 aromatic carbocycles. The lowest BCUT2D eigenvalue weighted by Gasteiger charge is -2.01. The third-order valence-corrected chi connectivity index (χ3v) is 1.24. The summed E-state index contributed by atoms with van der Waals surface area (Å²) in [5, 5.41) is 8.26. The number of anilines is 1. The van der Waals surface area contributed by atoms with E-state index in [1.807, 2.05) is 0 Å². The van der Waals surface area contributed by atoms with Crippen LogP contribution in [0.1, 0.15) is 16.2 Å². The van der Waals surface area contributed by atoms with Crippen LogP contribution in [0.15, 0.2) is 6.20 Å². The van der Waals surface area contributed by atoms with Crippen molar-refractivity contribution in [2.75, 3.05) is 5.73 Å². The molecule has 6 heteroatoms. The van der Waals surface area contributed by atoms with E-state index < -0.39 is 5.91 Å². The van der Waals surface area contributed by atoms with Crippen molar-refractivity contribution >= 4 is 11.7 Å².